The van der Waals surface area contributed by atoms with Gasteiger partial charge in [0.1, 0.15) is 5.82 Å². The largest absolute Gasteiger partial charge is 0.388 e. The lowest BCUT2D eigenvalue weighted by atomic mass is 10.0. The van der Waals surface area contributed by atoms with Gasteiger partial charge in [-0.15, -0.1) is 0 Å². The predicted molar refractivity (Wildman–Crippen MR) is 69.0 cm³/mol. The van der Waals surface area contributed by atoms with Gasteiger partial charge in [0.2, 0.25) is 0 Å². The molecule has 0 radical (unpaired) electrons. The molecule has 90 valence electrons. The lowest BCUT2D eigenvalue weighted by molar-refractivity contribution is 0.163. The maximum absolute atomic E-state index is 13.5. The van der Waals surface area contributed by atoms with E-state index >= 15 is 0 Å². The van der Waals surface area contributed by atoms with Crippen LogP contribution in [0.15, 0.2) is 35.0 Å². The Hall–Kier alpha value is -0.900. The van der Waals surface area contributed by atoms with Crippen molar-refractivity contribution in [3.63, 3.8) is 0 Å². The summed E-state index contributed by atoms with van der Waals surface area (Å²) < 4.78 is 13.5. The Morgan fingerprint density at radius 2 is 2.18 bits per heavy atom. The fraction of sp³-hybridized carbons (Fsp3) is 0.231. The summed E-state index contributed by atoms with van der Waals surface area (Å²) in [4.78, 5) is 0. The molecule has 0 aliphatic carbocycles. The zero-order chi connectivity index (χ0) is 12.3. The van der Waals surface area contributed by atoms with Crippen molar-refractivity contribution in [2.75, 3.05) is 0 Å². The highest BCUT2D eigenvalue weighted by atomic mass is 35.5. The summed E-state index contributed by atoms with van der Waals surface area (Å²) in [6.07, 6.45) is 0.467. The molecule has 17 heavy (non-hydrogen) atoms. The minimum absolute atomic E-state index is 0.310. The summed E-state index contributed by atoms with van der Waals surface area (Å²) in [7, 11) is 0. The topological polar surface area (TPSA) is 20.2 Å². The van der Waals surface area contributed by atoms with Crippen molar-refractivity contribution < 1.29 is 9.50 Å². The molecule has 1 N–H and O–H groups in total. The lowest BCUT2D eigenvalue weighted by Crippen LogP contribution is -2.02. The van der Waals surface area contributed by atoms with Crippen LogP contribution >= 0.6 is 22.9 Å². The molecule has 4 heteroatoms. The van der Waals surface area contributed by atoms with Gasteiger partial charge in [-0.25, -0.2) is 4.39 Å². The lowest BCUT2D eigenvalue weighted by Gasteiger charge is -2.11. The fourth-order valence-corrected chi connectivity index (χ4v) is 2.53. The predicted octanol–water partition coefficient (Wildman–Crippen LogP) is 4.21. The van der Waals surface area contributed by atoms with Gasteiger partial charge < -0.3 is 5.11 Å². The molecule has 0 aliphatic rings. The minimum Gasteiger partial charge on any atom is -0.388 e. The highest BCUT2D eigenvalue weighted by Gasteiger charge is 2.13. The molecule has 1 heterocycles. The molecule has 0 fully saturated rings. The summed E-state index contributed by atoms with van der Waals surface area (Å²) in [5.74, 6) is -0.449. The Balaban J connectivity index is 2.01. The molecule has 0 spiro atoms. The van der Waals surface area contributed by atoms with Gasteiger partial charge in [0.15, 0.2) is 0 Å². The molecule has 0 saturated carbocycles. The monoisotopic (exact) mass is 270 g/mol. The summed E-state index contributed by atoms with van der Waals surface area (Å²) in [6.45, 7) is 0. The molecular weight excluding hydrogens is 259 g/mol. The number of halogens is 2. The van der Waals surface area contributed by atoms with Crippen LogP contribution in [0.5, 0.6) is 0 Å². The van der Waals surface area contributed by atoms with Gasteiger partial charge in [-0.3, -0.25) is 0 Å². The first-order chi connectivity index (χ1) is 8.16. The molecular formula is C13H12ClFOS. The highest BCUT2D eigenvalue weighted by Crippen LogP contribution is 2.24. The molecule has 0 saturated heterocycles. The van der Waals surface area contributed by atoms with Gasteiger partial charge in [0.05, 0.1) is 6.10 Å². The summed E-state index contributed by atoms with van der Waals surface area (Å²) in [5.41, 5.74) is 1.48. The molecule has 0 bridgehead atoms. The molecule has 0 amide bonds. The third kappa shape index (κ3) is 3.28. The third-order valence-corrected chi connectivity index (χ3v) is 3.58. The van der Waals surface area contributed by atoms with Crippen LogP contribution in [-0.4, -0.2) is 5.11 Å². The first kappa shape index (κ1) is 12.6. The molecule has 1 unspecified atom stereocenters. The van der Waals surface area contributed by atoms with Gasteiger partial charge in [0, 0.05) is 10.6 Å². The van der Waals surface area contributed by atoms with Crippen LogP contribution in [0.25, 0.3) is 0 Å². The summed E-state index contributed by atoms with van der Waals surface area (Å²) in [6, 6.07) is 6.37. The van der Waals surface area contributed by atoms with Crippen molar-refractivity contribution in [2.24, 2.45) is 0 Å². The van der Waals surface area contributed by atoms with E-state index in [1.165, 1.54) is 17.7 Å². The molecule has 2 rings (SSSR count). The van der Waals surface area contributed by atoms with E-state index < -0.39 is 11.9 Å². The van der Waals surface area contributed by atoms with Crippen LogP contribution in [0, 0.1) is 5.82 Å². The zero-order valence-electron chi connectivity index (χ0n) is 9.07. The van der Waals surface area contributed by atoms with Crippen molar-refractivity contribution in [1.29, 1.82) is 0 Å². The number of aliphatic hydroxyl groups is 1. The first-order valence-electron chi connectivity index (χ1n) is 5.31. The summed E-state index contributed by atoms with van der Waals surface area (Å²) in [5, 5.41) is 14.3. The number of thiophene rings is 1. The van der Waals surface area contributed by atoms with E-state index in [2.05, 4.69) is 0 Å². The van der Waals surface area contributed by atoms with Crippen molar-refractivity contribution in [1.82, 2.24) is 0 Å². The van der Waals surface area contributed by atoms with E-state index in [0.29, 0.717) is 17.0 Å². The first-order valence-corrected chi connectivity index (χ1v) is 6.63. The second kappa shape index (κ2) is 5.63. The Bertz CT molecular complexity index is 484. The summed E-state index contributed by atoms with van der Waals surface area (Å²) >= 11 is 7.28. The SMILES string of the molecule is OC(CCc1ccsc1)c1ccc(Cl)cc1F. The average Bonchev–Trinajstić information content (AvgIpc) is 2.78. The normalized spacial score (nSPS) is 12.6. The van der Waals surface area contributed by atoms with Crippen molar-refractivity contribution >= 4 is 22.9 Å². The Morgan fingerprint density at radius 1 is 1.35 bits per heavy atom. The standard InChI is InChI=1S/C13H12ClFOS/c14-10-2-3-11(12(15)7-10)13(16)4-1-9-5-6-17-8-9/h2-3,5-8,13,16H,1,4H2. The quantitative estimate of drug-likeness (QED) is 0.882. The Labute approximate surface area is 108 Å². The number of aryl methyl sites for hydroxylation is 1. The Kier molecular flexibility index (Phi) is 4.15. The molecule has 2 aromatic rings. The van der Waals surface area contributed by atoms with Crippen LogP contribution in [0.4, 0.5) is 4.39 Å². The molecule has 1 atom stereocenters. The van der Waals surface area contributed by atoms with E-state index in [4.69, 9.17) is 11.6 Å². The van der Waals surface area contributed by atoms with Crippen LogP contribution in [-0.2, 0) is 6.42 Å². The van der Waals surface area contributed by atoms with Gasteiger partial charge in [0.25, 0.3) is 0 Å². The molecule has 0 aliphatic heterocycles. The van der Waals surface area contributed by atoms with Gasteiger partial charge in [-0.2, -0.15) is 11.3 Å². The van der Waals surface area contributed by atoms with Gasteiger partial charge >= 0.3 is 0 Å². The third-order valence-electron chi connectivity index (χ3n) is 2.61. The second-order valence-corrected chi connectivity index (χ2v) is 5.07. The van der Waals surface area contributed by atoms with Crippen molar-refractivity contribution in [3.8, 4) is 0 Å². The fourth-order valence-electron chi connectivity index (χ4n) is 1.67. The second-order valence-electron chi connectivity index (χ2n) is 3.85. The van der Waals surface area contributed by atoms with Crippen LogP contribution in [0.3, 0.4) is 0 Å². The van der Waals surface area contributed by atoms with Gasteiger partial charge in [-0.1, -0.05) is 17.7 Å². The number of hydrogen-bond donors (Lipinski definition) is 1. The maximum Gasteiger partial charge on any atom is 0.130 e. The van der Waals surface area contributed by atoms with E-state index in [1.807, 2.05) is 16.8 Å². The van der Waals surface area contributed by atoms with E-state index in [1.54, 1.807) is 17.4 Å². The van der Waals surface area contributed by atoms with Crippen molar-refractivity contribution in [2.45, 2.75) is 18.9 Å². The van der Waals surface area contributed by atoms with Crippen molar-refractivity contribution in [3.05, 3.63) is 57.0 Å². The zero-order valence-corrected chi connectivity index (χ0v) is 10.6. The maximum atomic E-state index is 13.5. The van der Waals surface area contributed by atoms with Crippen LogP contribution < -0.4 is 0 Å². The number of hydrogen-bond acceptors (Lipinski definition) is 2. The van der Waals surface area contributed by atoms with Crippen LogP contribution in [0.2, 0.25) is 5.02 Å². The number of benzene rings is 1. The number of rotatable bonds is 4. The van der Waals surface area contributed by atoms with Crippen LogP contribution in [0.1, 0.15) is 23.7 Å². The van der Waals surface area contributed by atoms with E-state index in [0.717, 1.165) is 6.42 Å². The molecule has 1 nitrogen and oxygen atoms in total. The highest BCUT2D eigenvalue weighted by molar-refractivity contribution is 7.07. The smallest absolute Gasteiger partial charge is 0.130 e. The van der Waals surface area contributed by atoms with Gasteiger partial charge in [-0.05, 0) is 47.4 Å². The molecule has 1 aromatic heterocycles. The van der Waals surface area contributed by atoms with E-state index in [-0.39, 0.29) is 0 Å². The average molecular weight is 271 g/mol. The van der Waals surface area contributed by atoms with E-state index in [9.17, 15) is 9.50 Å². The minimum atomic E-state index is -0.785. The molecule has 1 aromatic carbocycles. The Morgan fingerprint density at radius 3 is 2.82 bits per heavy atom. The number of aliphatic hydroxyl groups excluding tert-OH is 1.